The van der Waals surface area contributed by atoms with Gasteiger partial charge in [-0.3, -0.25) is 9.59 Å². The van der Waals surface area contributed by atoms with E-state index < -0.39 is 23.7 Å². The third-order valence-corrected chi connectivity index (χ3v) is 8.42. The highest BCUT2D eigenvalue weighted by atomic mass is 19.1. The van der Waals surface area contributed by atoms with E-state index >= 15 is 4.39 Å². The minimum absolute atomic E-state index is 0.00871. The summed E-state index contributed by atoms with van der Waals surface area (Å²) in [6.07, 6.45) is 3.13. The molecule has 3 aromatic rings. The van der Waals surface area contributed by atoms with Gasteiger partial charge in [-0.05, 0) is 85.0 Å². The fourth-order valence-electron chi connectivity index (χ4n) is 6.18. The number of benzene rings is 3. The van der Waals surface area contributed by atoms with Crippen LogP contribution in [-0.2, 0) is 10.2 Å². The molecular formula is C34H39F2N3O2. The molecule has 5 rings (SSSR count). The van der Waals surface area contributed by atoms with Crippen molar-refractivity contribution in [3.8, 4) is 0 Å². The summed E-state index contributed by atoms with van der Waals surface area (Å²) >= 11 is 0. The van der Waals surface area contributed by atoms with E-state index in [2.05, 4.69) is 26.1 Å². The molecule has 7 heteroatoms. The van der Waals surface area contributed by atoms with Crippen LogP contribution in [0.4, 0.5) is 20.2 Å². The second kappa shape index (κ2) is 11.6. The van der Waals surface area contributed by atoms with Gasteiger partial charge in [0.2, 0.25) is 5.91 Å². The summed E-state index contributed by atoms with van der Waals surface area (Å²) in [6, 6.07) is 16.6. The molecule has 2 amide bonds. The molecule has 5 nitrogen and oxygen atoms in total. The van der Waals surface area contributed by atoms with Gasteiger partial charge in [0.05, 0.1) is 23.2 Å². The van der Waals surface area contributed by atoms with Gasteiger partial charge >= 0.3 is 0 Å². The van der Waals surface area contributed by atoms with Gasteiger partial charge in [-0.25, -0.2) is 8.78 Å². The first-order valence-electron chi connectivity index (χ1n) is 14.6. The van der Waals surface area contributed by atoms with Crippen LogP contribution in [0.1, 0.15) is 79.5 Å². The number of amides is 2. The topological polar surface area (TPSA) is 52.7 Å². The molecule has 0 spiro atoms. The van der Waals surface area contributed by atoms with Crippen LogP contribution in [0, 0.1) is 24.5 Å². The fourth-order valence-corrected chi connectivity index (χ4v) is 6.18. The molecule has 3 aromatic carbocycles. The number of hydrogen-bond donors (Lipinski definition) is 1. The molecule has 1 N–H and O–H groups in total. The monoisotopic (exact) mass is 559 g/mol. The van der Waals surface area contributed by atoms with Crippen molar-refractivity contribution < 1.29 is 18.4 Å². The van der Waals surface area contributed by atoms with Crippen molar-refractivity contribution in [1.82, 2.24) is 4.90 Å². The Morgan fingerprint density at radius 2 is 1.61 bits per heavy atom. The van der Waals surface area contributed by atoms with Gasteiger partial charge in [0.25, 0.3) is 5.91 Å². The van der Waals surface area contributed by atoms with Gasteiger partial charge < -0.3 is 15.1 Å². The molecule has 0 radical (unpaired) electrons. The Morgan fingerprint density at radius 3 is 2.29 bits per heavy atom. The van der Waals surface area contributed by atoms with E-state index in [1.54, 1.807) is 30.0 Å². The van der Waals surface area contributed by atoms with Crippen LogP contribution in [0.5, 0.6) is 0 Å². The molecule has 216 valence electrons. The maximum absolute atomic E-state index is 15.6. The SMILES string of the molecule is Cc1cccc(F)c1C(=O)N1CCCC(C(=O)Nc2cccc(C(C)(C)C)c2)[C@@H]1c1ccc(N2CCCC2)c(F)c1. The largest absolute Gasteiger partial charge is 0.369 e. The predicted molar refractivity (Wildman–Crippen MR) is 159 cm³/mol. The number of anilines is 2. The van der Waals surface area contributed by atoms with Crippen molar-refractivity contribution in [2.24, 2.45) is 5.92 Å². The Morgan fingerprint density at radius 1 is 0.878 bits per heavy atom. The quantitative estimate of drug-likeness (QED) is 0.354. The van der Waals surface area contributed by atoms with Gasteiger partial charge in [0.15, 0.2) is 0 Å². The molecule has 2 fully saturated rings. The molecule has 0 aliphatic carbocycles. The molecular weight excluding hydrogens is 520 g/mol. The van der Waals surface area contributed by atoms with E-state index in [1.807, 2.05) is 35.2 Å². The Bertz CT molecular complexity index is 1420. The standard InChI is InChI=1S/C34H39F2N3O2/c1-22-10-7-14-27(35)30(22)33(41)39-19-9-13-26(32(40)37-25-12-8-11-24(21-25)34(2,3)4)31(39)23-15-16-29(28(36)20-23)38-17-5-6-18-38/h7-8,10-12,14-16,20-21,26,31H,5-6,9,13,17-19H2,1-4H3,(H,37,40)/t26?,31-/m0/s1. The number of likely N-dealkylation sites (tertiary alicyclic amines) is 1. The zero-order chi connectivity index (χ0) is 29.3. The Labute approximate surface area is 241 Å². The molecule has 2 saturated heterocycles. The highest BCUT2D eigenvalue weighted by molar-refractivity contribution is 5.98. The number of rotatable bonds is 5. The Hall–Kier alpha value is -3.74. The maximum Gasteiger partial charge on any atom is 0.257 e. The number of nitrogens with zero attached hydrogens (tertiary/aromatic N) is 2. The third kappa shape index (κ3) is 5.99. The molecule has 1 unspecified atom stereocenters. The van der Waals surface area contributed by atoms with Crippen molar-refractivity contribution >= 4 is 23.2 Å². The van der Waals surface area contributed by atoms with Gasteiger partial charge in [-0.2, -0.15) is 0 Å². The molecule has 0 bridgehead atoms. The smallest absolute Gasteiger partial charge is 0.257 e. The van der Waals surface area contributed by atoms with Gasteiger partial charge in [0.1, 0.15) is 11.6 Å². The van der Waals surface area contributed by atoms with Crippen LogP contribution in [0.15, 0.2) is 60.7 Å². The normalized spacial score (nSPS) is 19.4. The van der Waals surface area contributed by atoms with E-state index in [0.717, 1.165) is 31.5 Å². The number of carbonyl (C=O) groups is 2. The number of piperidine rings is 1. The Kier molecular flexibility index (Phi) is 8.16. The highest BCUT2D eigenvalue weighted by Gasteiger charge is 2.41. The summed E-state index contributed by atoms with van der Waals surface area (Å²) in [5, 5.41) is 3.06. The van der Waals surface area contributed by atoms with Crippen LogP contribution in [-0.4, -0.2) is 36.3 Å². The number of aryl methyl sites for hydroxylation is 1. The fraction of sp³-hybridized carbons (Fsp3) is 0.412. The van der Waals surface area contributed by atoms with E-state index in [4.69, 9.17) is 0 Å². The van der Waals surface area contributed by atoms with E-state index in [9.17, 15) is 14.0 Å². The first-order chi connectivity index (χ1) is 19.5. The lowest BCUT2D eigenvalue weighted by atomic mass is 9.83. The summed E-state index contributed by atoms with van der Waals surface area (Å²) in [7, 11) is 0. The molecule has 2 atom stereocenters. The summed E-state index contributed by atoms with van der Waals surface area (Å²) in [5.74, 6) is -2.35. The summed E-state index contributed by atoms with van der Waals surface area (Å²) in [4.78, 5) is 31.4. The predicted octanol–water partition coefficient (Wildman–Crippen LogP) is 7.40. The van der Waals surface area contributed by atoms with Crippen molar-refractivity contribution in [3.05, 3.63) is 94.6 Å². The molecule has 2 aliphatic rings. The average Bonchev–Trinajstić information content (AvgIpc) is 3.47. The highest BCUT2D eigenvalue weighted by Crippen LogP contribution is 2.40. The molecule has 2 heterocycles. The summed E-state index contributed by atoms with van der Waals surface area (Å²) in [6.45, 7) is 9.98. The minimum atomic E-state index is -0.747. The van der Waals surface area contributed by atoms with Crippen LogP contribution in [0.3, 0.4) is 0 Å². The third-order valence-electron chi connectivity index (χ3n) is 8.42. The lowest BCUT2D eigenvalue weighted by molar-refractivity contribution is -0.123. The first-order valence-corrected chi connectivity index (χ1v) is 14.6. The number of hydrogen-bond acceptors (Lipinski definition) is 3. The van der Waals surface area contributed by atoms with E-state index in [0.29, 0.717) is 41.9 Å². The van der Waals surface area contributed by atoms with E-state index in [-0.39, 0.29) is 22.7 Å². The lowest BCUT2D eigenvalue weighted by Crippen LogP contribution is -2.47. The lowest BCUT2D eigenvalue weighted by Gasteiger charge is -2.41. The second-order valence-corrected chi connectivity index (χ2v) is 12.3. The van der Waals surface area contributed by atoms with Crippen LogP contribution < -0.4 is 10.2 Å². The summed E-state index contributed by atoms with van der Waals surface area (Å²) < 4.78 is 30.5. The van der Waals surface area contributed by atoms with Crippen LogP contribution in [0.2, 0.25) is 0 Å². The number of halogens is 2. The Balaban J connectivity index is 1.52. The van der Waals surface area contributed by atoms with Crippen LogP contribution in [0.25, 0.3) is 0 Å². The molecule has 0 aromatic heterocycles. The zero-order valence-corrected chi connectivity index (χ0v) is 24.3. The van der Waals surface area contributed by atoms with Gasteiger partial charge in [-0.1, -0.05) is 51.1 Å². The summed E-state index contributed by atoms with van der Waals surface area (Å²) in [5.41, 5.74) is 3.25. The van der Waals surface area contributed by atoms with Crippen molar-refractivity contribution in [2.45, 2.75) is 64.8 Å². The van der Waals surface area contributed by atoms with Gasteiger partial charge in [0, 0.05) is 25.3 Å². The number of nitrogens with one attached hydrogen (secondary N) is 1. The number of carbonyl (C=O) groups excluding carboxylic acids is 2. The molecule has 2 aliphatic heterocycles. The van der Waals surface area contributed by atoms with Crippen molar-refractivity contribution in [2.75, 3.05) is 29.9 Å². The first kappa shape index (κ1) is 28.8. The average molecular weight is 560 g/mol. The minimum Gasteiger partial charge on any atom is -0.369 e. The maximum atomic E-state index is 15.6. The van der Waals surface area contributed by atoms with Crippen LogP contribution >= 0.6 is 0 Å². The molecule has 0 saturated carbocycles. The second-order valence-electron chi connectivity index (χ2n) is 12.3. The van der Waals surface area contributed by atoms with E-state index in [1.165, 1.54) is 12.1 Å². The van der Waals surface area contributed by atoms with Gasteiger partial charge in [-0.15, -0.1) is 0 Å². The van der Waals surface area contributed by atoms with Crippen molar-refractivity contribution in [1.29, 1.82) is 0 Å². The van der Waals surface area contributed by atoms with Crippen molar-refractivity contribution in [3.63, 3.8) is 0 Å². The zero-order valence-electron chi connectivity index (χ0n) is 24.3. The molecule has 41 heavy (non-hydrogen) atoms.